The van der Waals surface area contributed by atoms with E-state index in [0.29, 0.717) is 19.6 Å². The molecule has 1 atom stereocenters. The highest BCUT2D eigenvalue weighted by molar-refractivity contribution is 6.02. The standard InChI is InChI=1S/C17H21NO3/c1-4-6-13-9-14(18-8-5-7-16(18)19)10-15(17(13)20)21-11-12(2)3/h5-7,10,15H,2,4,8-9,11H2,1,3H3. The molecule has 2 aliphatic rings. The van der Waals surface area contributed by atoms with E-state index in [1.807, 2.05) is 26.0 Å². The molecule has 0 saturated carbocycles. The number of ketones is 1. The Morgan fingerprint density at radius 2 is 2.29 bits per heavy atom. The lowest BCUT2D eigenvalue weighted by atomic mass is 9.93. The van der Waals surface area contributed by atoms with Crippen LogP contribution in [0.4, 0.5) is 0 Å². The molecule has 2 rings (SSSR count). The molecular weight excluding hydrogens is 266 g/mol. The van der Waals surface area contributed by atoms with Crippen LogP contribution in [0.15, 0.2) is 47.7 Å². The Balaban J connectivity index is 2.24. The second-order valence-electron chi connectivity index (χ2n) is 5.38. The number of ether oxygens (including phenoxy) is 1. The number of amides is 1. The number of nitrogens with zero attached hydrogens (tertiary/aromatic N) is 1. The highest BCUT2D eigenvalue weighted by atomic mass is 16.5. The first-order valence-corrected chi connectivity index (χ1v) is 7.21. The fraction of sp³-hybridized carbons (Fsp3) is 0.412. The maximum Gasteiger partial charge on any atom is 0.250 e. The molecule has 0 N–H and O–H groups in total. The lowest BCUT2D eigenvalue weighted by Crippen LogP contribution is -2.34. The minimum atomic E-state index is -0.628. The molecule has 1 unspecified atom stereocenters. The molecule has 21 heavy (non-hydrogen) atoms. The average molecular weight is 287 g/mol. The first-order valence-electron chi connectivity index (χ1n) is 7.21. The molecule has 0 aromatic rings. The normalized spacial score (nSPS) is 23.9. The molecule has 4 heteroatoms. The topological polar surface area (TPSA) is 46.6 Å². The summed E-state index contributed by atoms with van der Waals surface area (Å²) >= 11 is 0. The molecule has 1 aliphatic heterocycles. The smallest absolute Gasteiger partial charge is 0.250 e. The van der Waals surface area contributed by atoms with Crippen molar-refractivity contribution >= 4 is 11.7 Å². The predicted molar refractivity (Wildman–Crippen MR) is 81.5 cm³/mol. The number of hydrogen-bond acceptors (Lipinski definition) is 3. The van der Waals surface area contributed by atoms with Gasteiger partial charge in [0.1, 0.15) is 6.10 Å². The van der Waals surface area contributed by atoms with Crippen molar-refractivity contribution in [3.8, 4) is 0 Å². The number of carbonyl (C=O) groups is 2. The average Bonchev–Trinajstić information content (AvgIpc) is 2.86. The van der Waals surface area contributed by atoms with Crippen molar-refractivity contribution in [1.29, 1.82) is 0 Å². The minimum absolute atomic E-state index is 0.0125. The quantitative estimate of drug-likeness (QED) is 0.576. The van der Waals surface area contributed by atoms with E-state index < -0.39 is 6.10 Å². The van der Waals surface area contributed by atoms with Crippen LogP contribution in [0, 0.1) is 0 Å². The van der Waals surface area contributed by atoms with Gasteiger partial charge in [-0.1, -0.05) is 31.2 Å². The Bertz CT molecular complexity index is 554. The van der Waals surface area contributed by atoms with Gasteiger partial charge in [0, 0.05) is 30.3 Å². The molecule has 4 nitrogen and oxygen atoms in total. The summed E-state index contributed by atoms with van der Waals surface area (Å²) < 4.78 is 5.63. The fourth-order valence-electron chi connectivity index (χ4n) is 2.43. The van der Waals surface area contributed by atoms with Crippen LogP contribution < -0.4 is 0 Å². The lowest BCUT2D eigenvalue weighted by Gasteiger charge is -2.28. The zero-order valence-electron chi connectivity index (χ0n) is 12.6. The van der Waals surface area contributed by atoms with E-state index in [-0.39, 0.29) is 11.7 Å². The summed E-state index contributed by atoms with van der Waals surface area (Å²) in [7, 11) is 0. The maximum absolute atomic E-state index is 12.4. The molecule has 0 bridgehead atoms. The van der Waals surface area contributed by atoms with Crippen molar-refractivity contribution in [2.45, 2.75) is 32.8 Å². The number of Topliss-reactive ketones (excluding diaryl/α,β-unsaturated/α-hetero) is 1. The third kappa shape index (κ3) is 3.58. The largest absolute Gasteiger partial charge is 0.362 e. The van der Waals surface area contributed by atoms with Gasteiger partial charge in [-0.25, -0.2) is 0 Å². The van der Waals surface area contributed by atoms with E-state index >= 15 is 0 Å². The molecular formula is C17H21NO3. The number of hydrogen-bond donors (Lipinski definition) is 0. The summed E-state index contributed by atoms with van der Waals surface area (Å²) in [6.07, 6.45) is 7.72. The summed E-state index contributed by atoms with van der Waals surface area (Å²) in [5.74, 6) is -0.0495. The highest BCUT2D eigenvalue weighted by Crippen LogP contribution is 2.27. The van der Waals surface area contributed by atoms with Crippen LogP contribution in [0.1, 0.15) is 26.7 Å². The van der Waals surface area contributed by atoms with Crippen LogP contribution in [0.5, 0.6) is 0 Å². The van der Waals surface area contributed by atoms with Crippen molar-refractivity contribution in [2.75, 3.05) is 13.2 Å². The van der Waals surface area contributed by atoms with Gasteiger partial charge in [-0.3, -0.25) is 9.59 Å². The van der Waals surface area contributed by atoms with Crippen molar-refractivity contribution in [3.63, 3.8) is 0 Å². The Labute approximate surface area is 125 Å². The summed E-state index contributed by atoms with van der Waals surface area (Å²) in [4.78, 5) is 25.9. The SMILES string of the molecule is C=C(C)COC1C=C(N2CC=CC2=O)CC(=CCC)C1=O. The molecule has 1 aliphatic carbocycles. The molecule has 0 aromatic heterocycles. The van der Waals surface area contributed by atoms with Gasteiger partial charge in [-0.15, -0.1) is 0 Å². The molecule has 112 valence electrons. The molecule has 0 spiro atoms. The monoisotopic (exact) mass is 287 g/mol. The van der Waals surface area contributed by atoms with Gasteiger partial charge in [0.05, 0.1) is 6.61 Å². The van der Waals surface area contributed by atoms with Crippen LogP contribution >= 0.6 is 0 Å². The Kier molecular flexibility index (Phi) is 4.91. The Hall–Kier alpha value is -1.94. The predicted octanol–water partition coefficient (Wildman–Crippen LogP) is 2.54. The van der Waals surface area contributed by atoms with Gasteiger partial charge in [0.25, 0.3) is 5.91 Å². The summed E-state index contributed by atoms with van der Waals surface area (Å²) in [5.41, 5.74) is 2.43. The fourth-order valence-corrected chi connectivity index (χ4v) is 2.43. The van der Waals surface area contributed by atoms with Crippen LogP contribution in [0.2, 0.25) is 0 Å². The number of rotatable bonds is 5. The van der Waals surface area contributed by atoms with Gasteiger partial charge in [0.2, 0.25) is 0 Å². The van der Waals surface area contributed by atoms with Gasteiger partial charge in [-0.2, -0.15) is 0 Å². The zero-order chi connectivity index (χ0) is 15.4. The van der Waals surface area contributed by atoms with E-state index in [9.17, 15) is 9.59 Å². The van der Waals surface area contributed by atoms with Crippen LogP contribution in [-0.2, 0) is 14.3 Å². The van der Waals surface area contributed by atoms with Crippen LogP contribution in [0.3, 0.4) is 0 Å². The van der Waals surface area contributed by atoms with E-state index in [4.69, 9.17) is 4.74 Å². The molecule has 1 heterocycles. The van der Waals surface area contributed by atoms with E-state index in [1.54, 1.807) is 17.1 Å². The van der Waals surface area contributed by atoms with Crippen molar-refractivity contribution in [2.24, 2.45) is 0 Å². The lowest BCUT2D eigenvalue weighted by molar-refractivity contribution is -0.126. The summed E-state index contributed by atoms with van der Waals surface area (Å²) in [6, 6.07) is 0. The van der Waals surface area contributed by atoms with E-state index in [0.717, 1.165) is 23.3 Å². The first-order chi connectivity index (χ1) is 10.0. The van der Waals surface area contributed by atoms with Gasteiger partial charge < -0.3 is 9.64 Å². The number of allylic oxidation sites excluding steroid dienone is 2. The zero-order valence-corrected chi connectivity index (χ0v) is 12.6. The number of carbonyl (C=O) groups excluding carboxylic acids is 2. The van der Waals surface area contributed by atoms with Crippen molar-refractivity contribution in [3.05, 3.63) is 47.7 Å². The molecule has 1 amide bonds. The maximum atomic E-state index is 12.4. The Morgan fingerprint density at radius 1 is 1.52 bits per heavy atom. The molecule has 0 radical (unpaired) electrons. The summed E-state index contributed by atoms with van der Waals surface area (Å²) in [6.45, 7) is 8.53. The van der Waals surface area contributed by atoms with E-state index in [1.165, 1.54) is 0 Å². The molecule has 0 saturated heterocycles. The highest BCUT2D eigenvalue weighted by Gasteiger charge is 2.31. The Morgan fingerprint density at radius 3 is 2.86 bits per heavy atom. The second-order valence-corrected chi connectivity index (χ2v) is 5.38. The van der Waals surface area contributed by atoms with Gasteiger partial charge >= 0.3 is 0 Å². The minimum Gasteiger partial charge on any atom is -0.362 e. The first kappa shape index (κ1) is 15.4. The van der Waals surface area contributed by atoms with Gasteiger partial charge in [-0.05, 0) is 19.4 Å². The van der Waals surface area contributed by atoms with Crippen molar-refractivity contribution < 1.29 is 14.3 Å². The third-order valence-corrected chi connectivity index (χ3v) is 3.41. The van der Waals surface area contributed by atoms with Crippen LogP contribution in [0.25, 0.3) is 0 Å². The summed E-state index contributed by atoms with van der Waals surface area (Å²) in [5, 5.41) is 0. The van der Waals surface area contributed by atoms with Crippen molar-refractivity contribution in [1.82, 2.24) is 4.90 Å². The second kappa shape index (κ2) is 6.68. The van der Waals surface area contributed by atoms with E-state index in [2.05, 4.69) is 6.58 Å². The molecule has 0 fully saturated rings. The third-order valence-electron chi connectivity index (χ3n) is 3.41. The molecule has 0 aromatic carbocycles. The van der Waals surface area contributed by atoms with Crippen LogP contribution in [-0.4, -0.2) is 35.8 Å². The van der Waals surface area contributed by atoms with Gasteiger partial charge in [0.15, 0.2) is 5.78 Å².